The number of hydrogen-bond donors (Lipinski definition) is 0. The van der Waals surface area contributed by atoms with Crippen molar-refractivity contribution in [1.29, 1.82) is 0 Å². The standard InChI is InChI=1S/C62H130O14Si8/c1-48(2)32-56(15,16)41-78-65-77(31-29-30-63-39-55-40-64-55)66-79(42-57(17,18)33-49(3)4)70-81(68-78,44-59(21,22)35-51(7)8)74-84(47-62(27,28)38-54(13)14)75-82(69-78,45-60(23,24)36-52(9)10)71-80(67-77,43-58(19,20)34-50(5)6)73-83(72-79,76-84)46-61(25,26)37-53(11)12/h48-55H,29-47H2,1-28H3. The normalized spacial score (nSPS) is 33.5. The van der Waals surface area contributed by atoms with Gasteiger partial charge in [-0.3, -0.25) is 0 Å². The van der Waals surface area contributed by atoms with Crippen LogP contribution in [0.4, 0.5) is 0 Å². The molecule has 0 amide bonds. The molecule has 7 aliphatic rings. The average molecular weight is 1320 g/mol. The summed E-state index contributed by atoms with van der Waals surface area (Å²) >= 11 is 0. The van der Waals surface area contributed by atoms with Crippen molar-refractivity contribution in [1.82, 2.24) is 0 Å². The van der Waals surface area contributed by atoms with Crippen molar-refractivity contribution < 1.29 is 58.9 Å². The Morgan fingerprint density at radius 3 is 0.619 bits per heavy atom. The monoisotopic (exact) mass is 1320 g/mol. The predicted molar refractivity (Wildman–Crippen MR) is 355 cm³/mol. The van der Waals surface area contributed by atoms with Gasteiger partial charge < -0.3 is 58.9 Å². The summed E-state index contributed by atoms with van der Waals surface area (Å²) in [6.07, 6.45) is 6.91. The van der Waals surface area contributed by atoms with E-state index < -0.39 is 70.4 Å². The molecule has 22 heteroatoms. The number of hydrogen-bond acceptors (Lipinski definition) is 14. The van der Waals surface area contributed by atoms with E-state index in [1.807, 2.05) is 0 Å². The highest BCUT2D eigenvalue weighted by atomic mass is 28.6. The molecule has 8 bridgehead atoms. The largest absolute Gasteiger partial charge is 0.479 e. The van der Waals surface area contributed by atoms with E-state index in [0.29, 0.717) is 109 Å². The first-order valence-electron chi connectivity index (χ1n) is 33.5. The summed E-state index contributed by atoms with van der Waals surface area (Å²) in [6.45, 7) is 67.0. The third kappa shape index (κ3) is 21.4. The molecule has 0 aliphatic carbocycles. The Hall–Kier alpha value is 1.18. The molecule has 1 atom stereocenters. The van der Waals surface area contributed by atoms with Crippen molar-refractivity contribution in [2.75, 3.05) is 19.8 Å². The molecule has 7 heterocycles. The maximum absolute atomic E-state index is 8.71. The van der Waals surface area contributed by atoms with Gasteiger partial charge in [-0.05, 0) is 131 Å². The fourth-order valence-electron chi connectivity index (χ4n) is 17.4. The van der Waals surface area contributed by atoms with E-state index in [0.717, 1.165) is 51.6 Å². The summed E-state index contributed by atoms with van der Waals surface area (Å²) in [5.74, 6) is 2.54. The Bertz CT molecular complexity index is 1930. The molecule has 0 saturated carbocycles. The second-order valence-corrected chi connectivity index (χ2v) is 60.1. The van der Waals surface area contributed by atoms with E-state index in [2.05, 4.69) is 194 Å². The highest BCUT2D eigenvalue weighted by Crippen LogP contribution is 2.61. The van der Waals surface area contributed by atoms with Gasteiger partial charge in [0.1, 0.15) is 6.10 Å². The van der Waals surface area contributed by atoms with Gasteiger partial charge in [0.05, 0.1) is 13.2 Å². The summed E-state index contributed by atoms with van der Waals surface area (Å²) in [5, 5.41) is 0. The molecule has 494 valence electrons. The van der Waals surface area contributed by atoms with Gasteiger partial charge in [-0.1, -0.05) is 194 Å². The molecule has 7 fully saturated rings. The van der Waals surface area contributed by atoms with Crippen molar-refractivity contribution >= 4 is 70.4 Å². The van der Waals surface area contributed by atoms with Crippen molar-refractivity contribution in [2.24, 2.45) is 79.3 Å². The summed E-state index contributed by atoms with van der Waals surface area (Å²) in [7, 11) is -35.0. The highest BCUT2D eigenvalue weighted by molar-refractivity contribution is 7.03. The van der Waals surface area contributed by atoms with Crippen LogP contribution in [-0.4, -0.2) is 96.4 Å². The van der Waals surface area contributed by atoms with E-state index >= 15 is 0 Å². The van der Waals surface area contributed by atoms with E-state index in [9.17, 15) is 0 Å². The molecule has 0 N–H and O–H groups in total. The van der Waals surface area contributed by atoms with Gasteiger partial charge in [-0.15, -0.1) is 0 Å². The topological polar surface area (TPSA) is 133 Å². The summed E-state index contributed by atoms with van der Waals surface area (Å²) in [5.41, 5.74) is -2.58. The van der Waals surface area contributed by atoms with Gasteiger partial charge in [0.15, 0.2) is 0 Å². The molecule has 0 aromatic rings. The van der Waals surface area contributed by atoms with Crippen LogP contribution in [0.25, 0.3) is 0 Å². The van der Waals surface area contributed by atoms with Gasteiger partial charge >= 0.3 is 70.4 Å². The van der Waals surface area contributed by atoms with Crippen molar-refractivity contribution in [3.05, 3.63) is 0 Å². The average Bonchev–Trinajstić information content (AvgIpc) is 0.729. The summed E-state index contributed by atoms with van der Waals surface area (Å²) in [6, 6.07) is 3.47. The van der Waals surface area contributed by atoms with Crippen LogP contribution in [0.5, 0.6) is 0 Å². The lowest BCUT2D eigenvalue weighted by Gasteiger charge is -2.65. The Balaban J connectivity index is 1.90. The molecule has 0 spiro atoms. The Morgan fingerprint density at radius 1 is 0.298 bits per heavy atom. The third-order valence-corrected chi connectivity index (χ3v) is 57.4. The fourth-order valence-corrected chi connectivity index (χ4v) is 70.2. The second-order valence-electron chi connectivity index (χ2n) is 36.4. The second kappa shape index (κ2) is 26.5. The van der Waals surface area contributed by atoms with Crippen LogP contribution in [0.3, 0.4) is 0 Å². The van der Waals surface area contributed by atoms with Gasteiger partial charge in [0, 0.05) is 55.0 Å². The van der Waals surface area contributed by atoms with Crippen LogP contribution in [0, 0.1) is 79.3 Å². The Labute approximate surface area is 525 Å². The molecule has 0 radical (unpaired) electrons. The minimum Gasteiger partial charge on any atom is -0.379 e. The van der Waals surface area contributed by atoms with Gasteiger partial charge in [-0.2, -0.15) is 0 Å². The van der Waals surface area contributed by atoms with Crippen LogP contribution in [-0.2, 0) is 58.9 Å². The summed E-state index contributed by atoms with van der Waals surface area (Å²) in [4.78, 5) is 0. The molecule has 14 nitrogen and oxygen atoms in total. The van der Waals surface area contributed by atoms with Crippen LogP contribution in [0.15, 0.2) is 0 Å². The first-order chi connectivity index (χ1) is 37.9. The predicted octanol–water partition coefficient (Wildman–Crippen LogP) is 18.1. The minimum absolute atomic E-state index is 0.120. The number of epoxide rings is 1. The Morgan fingerprint density at radius 2 is 0.464 bits per heavy atom. The highest BCUT2D eigenvalue weighted by Gasteiger charge is 2.85. The number of ether oxygens (including phenoxy) is 2. The van der Waals surface area contributed by atoms with E-state index in [1.165, 1.54) is 0 Å². The van der Waals surface area contributed by atoms with Crippen molar-refractivity contribution in [3.8, 4) is 0 Å². The molecule has 0 aromatic carbocycles. The molecule has 84 heavy (non-hydrogen) atoms. The molecule has 7 aliphatic heterocycles. The zero-order valence-electron chi connectivity index (χ0n) is 59.3. The van der Waals surface area contributed by atoms with Crippen LogP contribution in [0.2, 0.25) is 48.4 Å². The van der Waals surface area contributed by atoms with Crippen molar-refractivity contribution in [2.45, 2.75) is 300 Å². The Kier molecular flexibility index (Phi) is 23.4. The molecular formula is C62H130O14Si8. The molecule has 7 saturated heterocycles. The fraction of sp³-hybridized carbons (Fsp3) is 1.00. The first-order valence-corrected chi connectivity index (χ1v) is 49.0. The minimum atomic E-state index is -4.38. The quantitative estimate of drug-likeness (QED) is 0.0344. The lowest BCUT2D eigenvalue weighted by atomic mass is 9.86. The zero-order valence-corrected chi connectivity index (χ0v) is 67.3. The smallest absolute Gasteiger partial charge is 0.379 e. The van der Waals surface area contributed by atoms with Crippen LogP contribution < -0.4 is 0 Å². The maximum Gasteiger partial charge on any atom is 0.479 e. The van der Waals surface area contributed by atoms with E-state index in [-0.39, 0.29) is 44.0 Å². The molecule has 7 rings (SSSR count). The van der Waals surface area contributed by atoms with Gasteiger partial charge in [0.2, 0.25) is 0 Å². The van der Waals surface area contributed by atoms with Gasteiger partial charge in [0.25, 0.3) is 0 Å². The molecular weight excluding hydrogens is 1190 g/mol. The number of rotatable bonds is 34. The van der Waals surface area contributed by atoms with E-state index in [1.54, 1.807) is 0 Å². The molecule has 0 aromatic heterocycles. The summed E-state index contributed by atoms with van der Waals surface area (Å²) < 4.78 is 116. The zero-order chi connectivity index (χ0) is 63.5. The van der Waals surface area contributed by atoms with E-state index in [4.69, 9.17) is 58.9 Å². The lowest BCUT2D eigenvalue weighted by Crippen LogP contribution is -2.89. The molecule has 1 unspecified atom stereocenters. The lowest BCUT2D eigenvalue weighted by molar-refractivity contribution is -0.0427. The van der Waals surface area contributed by atoms with Crippen molar-refractivity contribution in [3.63, 3.8) is 0 Å². The first kappa shape index (κ1) is 74.2. The third-order valence-electron chi connectivity index (χ3n) is 16.8. The van der Waals surface area contributed by atoms with Crippen LogP contribution >= 0.6 is 0 Å². The SMILES string of the molecule is CC(C)CC(C)(C)C[Si]12O[Si]3(CCCOCC4CO4)O[Si]4(CC(C)(C)CC(C)C)O[Si](CC(C)(C)CC(C)C)(O1)O[Si]1(CC(C)(C)CC(C)C)O[Si](CC(C)(C)CC(C)C)(O2)O[Si](CC(C)(C)CC(C)C)(O3)O[Si](CC(C)(C)CC(C)C)(O4)O1. The maximum atomic E-state index is 8.71. The van der Waals surface area contributed by atoms with Crippen LogP contribution in [0.1, 0.15) is 245 Å². The van der Waals surface area contributed by atoms with Gasteiger partial charge in [-0.25, -0.2) is 0 Å².